The van der Waals surface area contributed by atoms with Gasteiger partial charge >= 0.3 is 11.9 Å². The van der Waals surface area contributed by atoms with Crippen molar-refractivity contribution in [3.63, 3.8) is 0 Å². The van der Waals surface area contributed by atoms with Gasteiger partial charge in [-0.25, -0.2) is 0 Å². The molecule has 0 N–H and O–H groups in total. The average Bonchev–Trinajstić information content (AvgIpc) is 2.91. The smallest absolute Gasteiger partial charge is 0.317 e. The molecule has 0 aromatic rings. The van der Waals surface area contributed by atoms with Crippen molar-refractivity contribution in [2.24, 2.45) is 35.5 Å². The van der Waals surface area contributed by atoms with E-state index in [1.54, 1.807) is 0 Å². The second-order valence-corrected chi connectivity index (χ2v) is 5.97. The van der Waals surface area contributed by atoms with Crippen LogP contribution in [0.25, 0.3) is 0 Å². The fourth-order valence-electron chi connectivity index (χ4n) is 5.15. The zero-order valence-electron chi connectivity index (χ0n) is 9.22. The molecular weight excluding hydrogens is 204 g/mol. The summed E-state index contributed by atoms with van der Waals surface area (Å²) >= 11 is 0. The number of esters is 2. The lowest BCUT2D eigenvalue weighted by Crippen LogP contribution is -2.38. The quantitative estimate of drug-likeness (QED) is 0.461. The van der Waals surface area contributed by atoms with Crippen LogP contribution in [0.5, 0.6) is 0 Å². The van der Waals surface area contributed by atoms with Gasteiger partial charge in [-0.3, -0.25) is 9.59 Å². The molecule has 0 amide bonds. The van der Waals surface area contributed by atoms with Crippen molar-refractivity contribution in [2.45, 2.75) is 32.1 Å². The third-order valence-corrected chi connectivity index (χ3v) is 5.57. The molecule has 0 radical (unpaired) electrons. The number of hydrogen-bond acceptors (Lipinski definition) is 3. The molecule has 4 aliphatic rings. The molecule has 3 aliphatic carbocycles. The molecule has 6 unspecified atom stereocenters. The lowest BCUT2D eigenvalue weighted by molar-refractivity contribution is -0.154. The Kier molecular flexibility index (Phi) is 1.65. The number of hydrogen-bond donors (Lipinski definition) is 0. The van der Waals surface area contributed by atoms with Crippen molar-refractivity contribution >= 4 is 11.9 Å². The summed E-state index contributed by atoms with van der Waals surface area (Å²) < 4.78 is 4.84. The number of carbonyl (C=O) groups excluding carboxylic acids is 2. The van der Waals surface area contributed by atoms with Crippen LogP contribution in [0.15, 0.2) is 0 Å². The molecular formula is C13H16O3. The van der Waals surface area contributed by atoms with E-state index in [1.165, 1.54) is 25.7 Å². The minimum atomic E-state index is -0.216. The molecule has 4 fully saturated rings. The summed E-state index contributed by atoms with van der Waals surface area (Å²) in [5, 5.41) is 0. The SMILES string of the molecule is O=C1OC(=O)C2C3CC(C4CCCCC43)C12. The van der Waals surface area contributed by atoms with E-state index in [4.69, 9.17) is 4.74 Å². The molecule has 2 bridgehead atoms. The first-order valence-electron chi connectivity index (χ1n) is 6.53. The molecule has 3 saturated carbocycles. The molecule has 16 heavy (non-hydrogen) atoms. The normalized spacial score (nSPS) is 53.8. The van der Waals surface area contributed by atoms with Gasteiger partial charge in [-0.1, -0.05) is 12.8 Å². The van der Waals surface area contributed by atoms with E-state index < -0.39 is 0 Å². The van der Waals surface area contributed by atoms with E-state index in [0.717, 1.165) is 18.3 Å². The van der Waals surface area contributed by atoms with Crippen LogP contribution in [-0.4, -0.2) is 11.9 Å². The van der Waals surface area contributed by atoms with Crippen molar-refractivity contribution in [2.75, 3.05) is 0 Å². The Bertz CT molecular complexity index is 341. The highest BCUT2D eigenvalue weighted by molar-refractivity contribution is 5.97. The first kappa shape index (κ1) is 9.20. The second-order valence-electron chi connectivity index (χ2n) is 5.97. The molecule has 0 aromatic heterocycles. The molecule has 86 valence electrons. The first-order valence-corrected chi connectivity index (χ1v) is 6.53. The van der Waals surface area contributed by atoms with Crippen molar-refractivity contribution < 1.29 is 14.3 Å². The van der Waals surface area contributed by atoms with E-state index in [-0.39, 0.29) is 23.8 Å². The number of ether oxygens (including phenoxy) is 1. The Balaban J connectivity index is 1.73. The first-order chi connectivity index (χ1) is 7.77. The maximum Gasteiger partial charge on any atom is 0.317 e. The highest BCUT2D eigenvalue weighted by atomic mass is 16.6. The molecule has 4 rings (SSSR count). The fraction of sp³-hybridized carbons (Fsp3) is 0.846. The molecule has 1 saturated heterocycles. The molecule has 1 aliphatic heterocycles. The van der Waals surface area contributed by atoms with Gasteiger partial charge in [-0.15, -0.1) is 0 Å². The minimum absolute atomic E-state index is 0.0585. The van der Waals surface area contributed by atoms with Crippen LogP contribution in [0, 0.1) is 35.5 Å². The predicted octanol–water partition coefficient (Wildman–Crippen LogP) is 1.76. The van der Waals surface area contributed by atoms with Crippen molar-refractivity contribution in [3.05, 3.63) is 0 Å². The topological polar surface area (TPSA) is 43.4 Å². The number of fused-ring (bicyclic) bond motifs is 8. The number of carbonyl (C=O) groups is 2. The van der Waals surface area contributed by atoms with Crippen LogP contribution in [0.1, 0.15) is 32.1 Å². The standard InChI is InChI=1S/C13H16O3/c14-12-10-8-5-9(11(10)13(15)16-12)7-4-2-1-3-6(7)8/h6-11H,1-5H2. The zero-order valence-corrected chi connectivity index (χ0v) is 9.22. The van der Waals surface area contributed by atoms with Crippen LogP contribution in [0.3, 0.4) is 0 Å². The Morgan fingerprint density at radius 3 is 1.81 bits per heavy atom. The predicted molar refractivity (Wildman–Crippen MR) is 55.1 cm³/mol. The van der Waals surface area contributed by atoms with E-state index in [0.29, 0.717) is 11.8 Å². The van der Waals surface area contributed by atoms with Gasteiger partial charge in [-0.05, 0) is 42.9 Å². The van der Waals surface area contributed by atoms with Crippen molar-refractivity contribution in [1.29, 1.82) is 0 Å². The molecule has 3 nitrogen and oxygen atoms in total. The summed E-state index contributed by atoms with van der Waals surface area (Å²) in [4.78, 5) is 23.4. The van der Waals surface area contributed by atoms with Gasteiger partial charge in [0, 0.05) is 0 Å². The lowest BCUT2D eigenvalue weighted by atomic mass is 9.64. The molecule has 3 heteroatoms. The molecule has 1 heterocycles. The van der Waals surface area contributed by atoms with Crippen LogP contribution in [0.4, 0.5) is 0 Å². The van der Waals surface area contributed by atoms with Gasteiger partial charge in [0.1, 0.15) is 0 Å². The molecule has 0 spiro atoms. The number of rotatable bonds is 0. The monoisotopic (exact) mass is 220 g/mol. The van der Waals surface area contributed by atoms with Gasteiger partial charge < -0.3 is 4.74 Å². The summed E-state index contributed by atoms with van der Waals surface area (Å²) in [7, 11) is 0. The highest BCUT2D eigenvalue weighted by Crippen LogP contribution is 2.64. The maximum absolute atomic E-state index is 11.7. The maximum atomic E-state index is 11.7. The Labute approximate surface area is 94.5 Å². The summed E-state index contributed by atoms with van der Waals surface area (Å²) in [6, 6.07) is 0. The highest BCUT2D eigenvalue weighted by Gasteiger charge is 2.66. The third-order valence-electron chi connectivity index (χ3n) is 5.57. The average molecular weight is 220 g/mol. The lowest BCUT2D eigenvalue weighted by Gasteiger charge is -2.38. The Hall–Kier alpha value is -0.860. The Morgan fingerprint density at radius 1 is 0.812 bits per heavy atom. The van der Waals surface area contributed by atoms with Crippen LogP contribution < -0.4 is 0 Å². The summed E-state index contributed by atoms with van der Waals surface area (Å²) in [5.74, 6) is 1.84. The minimum Gasteiger partial charge on any atom is -0.393 e. The van der Waals surface area contributed by atoms with Crippen LogP contribution in [0.2, 0.25) is 0 Å². The molecule has 6 atom stereocenters. The number of cyclic esters (lactones) is 2. The van der Waals surface area contributed by atoms with Crippen LogP contribution >= 0.6 is 0 Å². The zero-order chi connectivity index (χ0) is 10.9. The van der Waals surface area contributed by atoms with E-state index in [2.05, 4.69) is 0 Å². The largest absolute Gasteiger partial charge is 0.393 e. The summed E-state index contributed by atoms with van der Waals surface area (Å²) in [5.41, 5.74) is 0. The van der Waals surface area contributed by atoms with Gasteiger partial charge in [0.15, 0.2) is 0 Å². The van der Waals surface area contributed by atoms with E-state index >= 15 is 0 Å². The summed E-state index contributed by atoms with van der Waals surface area (Å²) in [6.45, 7) is 0. The van der Waals surface area contributed by atoms with Gasteiger partial charge in [0.2, 0.25) is 0 Å². The molecule has 0 aromatic carbocycles. The van der Waals surface area contributed by atoms with Crippen molar-refractivity contribution in [1.82, 2.24) is 0 Å². The Morgan fingerprint density at radius 2 is 1.31 bits per heavy atom. The van der Waals surface area contributed by atoms with Gasteiger partial charge in [0.25, 0.3) is 0 Å². The van der Waals surface area contributed by atoms with Gasteiger partial charge in [0.05, 0.1) is 11.8 Å². The van der Waals surface area contributed by atoms with E-state index in [9.17, 15) is 9.59 Å². The van der Waals surface area contributed by atoms with E-state index in [1.807, 2.05) is 0 Å². The second kappa shape index (κ2) is 2.88. The summed E-state index contributed by atoms with van der Waals surface area (Å²) in [6.07, 6.45) is 6.29. The van der Waals surface area contributed by atoms with Crippen LogP contribution in [-0.2, 0) is 14.3 Å². The van der Waals surface area contributed by atoms with Crippen molar-refractivity contribution in [3.8, 4) is 0 Å². The van der Waals surface area contributed by atoms with Gasteiger partial charge in [-0.2, -0.15) is 0 Å². The third kappa shape index (κ3) is 0.910. The fourth-order valence-corrected chi connectivity index (χ4v) is 5.15.